The Labute approximate surface area is 177 Å². The van der Waals surface area contributed by atoms with Gasteiger partial charge in [0.15, 0.2) is 0 Å². The summed E-state index contributed by atoms with van der Waals surface area (Å²) in [6, 6.07) is 18.3. The minimum atomic E-state index is -0.276. The lowest BCUT2D eigenvalue weighted by Gasteiger charge is -2.26. The molecule has 6 heteroatoms. The Bertz CT molecular complexity index is 848. The molecule has 158 valence electrons. The third-order valence-corrected chi connectivity index (χ3v) is 5.80. The number of likely N-dealkylation sites (tertiary alicyclic amines) is 1. The molecule has 2 aliphatic heterocycles. The quantitative estimate of drug-likeness (QED) is 0.764. The zero-order valence-corrected chi connectivity index (χ0v) is 17.3. The van der Waals surface area contributed by atoms with Crippen LogP contribution in [0.2, 0.25) is 0 Å². The fraction of sp³-hybridized carbons (Fsp3) is 0.417. The molecule has 0 aromatic heterocycles. The molecule has 2 aromatic rings. The minimum absolute atomic E-state index is 0.0451. The van der Waals surface area contributed by atoms with Crippen LogP contribution in [0.1, 0.15) is 23.1 Å². The maximum atomic E-state index is 12.6. The van der Waals surface area contributed by atoms with Gasteiger partial charge in [0, 0.05) is 45.7 Å². The van der Waals surface area contributed by atoms with Crippen molar-refractivity contribution in [1.29, 1.82) is 0 Å². The summed E-state index contributed by atoms with van der Waals surface area (Å²) in [5, 5.41) is 3.00. The highest BCUT2D eigenvalue weighted by molar-refractivity contribution is 5.89. The predicted molar refractivity (Wildman–Crippen MR) is 114 cm³/mol. The van der Waals surface area contributed by atoms with Crippen molar-refractivity contribution in [2.24, 2.45) is 5.92 Å². The van der Waals surface area contributed by atoms with Crippen molar-refractivity contribution in [3.63, 3.8) is 0 Å². The van der Waals surface area contributed by atoms with Crippen LogP contribution in [0.4, 0.5) is 0 Å². The lowest BCUT2D eigenvalue weighted by molar-refractivity contribution is -0.129. The molecule has 0 bridgehead atoms. The van der Waals surface area contributed by atoms with E-state index in [2.05, 4.69) is 34.5 Å². The van der Waals surface area contributed by atoms with Crippen molar-refractivity contribution in [1.82, 2.24) is 15.1 Å². The number of carbonyl (C=O) groups is 2. The minimum Gasteiger partial charge on any atom is -0.379 e. The molecule has 0 saturated carbocycles. The number of amides is 2. The number of rotatable bonds is 7. The predicted octanol–water partition coefficient (Wildman–Crippen LogP) is 2.18. The van der Waals surface area contributed by atoms with Gasteiger partial charge in [-0.2, -0.15) is 0 Å². The van der Waals surface area contributed by atoms with E-state index in [1.807, 2.05) is 30.3 Å². The van der Waals surface area contributed by atoms with Gasteiger partial charge >= 0.3 is 0 Å². The number of nitrogens with one attached hydrogen (secondary N) is 1. The summed E-state index contributed by atoms with van der Waals surface area (Å²) in [6.07, 6.45) is 0.289. The number of carbonyl (C=O) groups excluding carboxylic acids is 2. The molecule has 4 rings (SSSR count). The number of morpholine rings is 1. The van der Waals surface area contributed by atoms with Gasteiger partial charge in [0.2, 0.25) is 11.8 Å². The van der Waals surface area contributed by atoms with E-state index < -0.39 is 0 Å². The van der Waals surface area contributed by atoms with Crippen LogP contribution in [0.5, 0.6) is 0 Å². The normalized spacial score (nSPS) is 19.8. The van der Waals surface area contributed by atoms with Crippen LogP contribution in [0.25, 0.3) is 0 Å². The van der Waals surface area contributed by atoms with Crippen molar-refractivity contribution in [2.45, 2.75) is 26.1 Å². The molecule has 1 N–H and O–H groups in total. The standard InChI is InChI=1S/C24H29N3O3/c28-23-14-22(18-27(23)17-20-4-2-1-3-5-20)24(29)25-15-19-6-8-21(9-7-19)16-26-10-12-30-13-11-26/h1-9,22H,10-18H2,(H,25,29). The Kier molecular flexibility index (Phi) is 6.77. The topological polar surface area (TPSA) is 61.9 Å². The SMILES string of the molecule is O=C(NCc1ccc(CN2CCOCC2)cc1)C1CC(=O)N(Cc2ccccc2)C1. The van der Waals surface area contributed by atoms with E-state index in [1.54, 1.807) is 4.90 Å². The zero-order valence-electron chi connectivity index (χ0n) is 17.3. The average molecular weight is 408 g/mol. The van der Waals surface area contributed by atoms with E-state index >= 15 is 0 Å². The van der Waals surface area contributed by atoms with Gasteiger partial charge in [-0.15, -0.1) is 0 Å². The monoisotopic (exact) mass is 407 g/mol. The molecule has 0 aliphatic carbocycles. The third kappa shape index (κ3) is 5.46. The van der Waals surface area contributed by atoms with E-state index in [9.17, 15) is 9.59 Å². The summed E-state index contributed by atoms with van der Waals surface area (Å²) in [5.41, 5.74) is 3.42. The molecule has 1 unspecified atom stereocenters. The third-order valence-electron chi connectivity index (χ3n) is 5.80. The molecule has 6 nitrogen and oxygen atoms in total. The molecule has 2 fully saturated rings. The number of hydrogen-bond acceptors (Lipinski definition) is 4. The van der Waals surface area contributed by atoms with Crippen molar-refractivity contribution in [3.8, 4) is 0 Å². The molecular formula is C24H29N3O3. The first-order valence-corrected chi connectivity index (χ1v) is 10.6. The first-order valence-electron chi connectivity index (χ1n) is 10.6. The second kappa shape index (κ2) is 9.87. The molecule has 2 aliphatic rings. The van der Waals surface area contributed by atoms with Crippen LogP contribution in [-0.2, 0) is 34.0 Å². The summed E-state index contributed by atoms with van der Waals surface area (Å²) < 4.78 is 5.39. The number of ether oxygens (including phenoxy) is 1. The summed E-state index contributed by atoms with van der Waals surface area (Å²) >= 11 is 0. The molecule has 0 radical (unpaired) electrons. The maximum Gasteiger partial charge on any atom is 0.225 e. The number of benzene rings is 2. The lowest BCUT2D eigenvalue weighted by Crippen LogP contribution is -2.35. The molecule has 2 amide bonds. The van der Waals surface area contributed by atoms with Gasteiger partial charge in [0.1, 0.15) is 0 Å². The fourth-order valence-electron chi connectivity index (χ4n) is 4.02. The molecule has 2 saturated heterocycles. The van der Waals surface area contributed by atoms with Crippen molar-refractivity contribution in [2.75, 3.05) is 32.8 Å². The van der Waals surface area contributed by atoms with Gasteiger partial charge in [-0.25, -0.2) is 0 Å². The van der Waals surface area contributed by atoms with Crippen LogP contribution in [-0.4, -0.2) is 54.5 Å². The van der Waals surface area contributed by atoms with Gasteiger partial charge in [-0.3, -0.25) is 14.5 Å². The van der Waals surface area contributed by atoms with E-state index in [4.69, 9.17) is 4.74 Å². The van der Waals surface area contributed by atoms with Crippen LogP contribution in [0, 0.1) is 5.92 Å². The van der Waals surface area contributed by atoms with Gasteiger partial charge in [0.25, 0.3) is 0 Å². The molecule has 2 heterocycles. The van der Waals surface area contributed by atoms with Crippen LogP contribution < -0.4 is 5.32 Å². The van der Waals surface area contributed by atoms with E-state index in [0.29, 0.717) is 19.6 Å². The summed E-state index contributed by atoms with van der Waals surface area (Å²) in [6.45, 7) is 6.01. The van der Waals surface area contributed by atoms with Crippen molar-refractivity contribution >= 4 is 11.8 Å². The average Bonchev–Trinajstić information content (AvgIpc) is 3.15. The van der Waals surface area contributed by atoms with Crippen molar-refractivity contribution in [3.05, 3.63) is 71.3 Å². The highest BCUT2D eigenvalue weighted by Crippen LogP contribution is 2.20. The van der Waals surface area contributed by atoms with E-state index in [-0.39, 0.29) is 24.2 Å². The molecular weight excluding hydrogens is 378 g/mol. The van der Waals surface area contributed by atoms with E-state index in [1.165, 1.54) is 5.56 Å². The summed E-state index contributed by atoms with van der Waals surface area (Å²) in [7, 11) is 0. The Morgan fingerprint density at radius 2 is 1.60 bits per heavy atom. The van der Waals surface area contributed by atoms with Crippen LogP contribution in [0.15, 0.2) is 54.6 Å². The Balaban J connectivity index is 1.24. The highest BCUT2D eigenvalue weighted by atomic mass is 16.5. The van der Waals surface area contributed by atoms with Crippen molar-refractivity contribution < 1.29 is 14.3 Å². The Morgan fingerprint density at radius 3 is 2.33 bits per heavy atom. The second-order valence-electron chi connectivity index (χ2n) is 8.08. The molecule has 1 atom stereocenters. The second-order valence-corrected chi connectivity index (χ2v) is 8.08. The van der Waals surface area contributed by atoms with Gasteiger partial charge in [0.05, 0.1) is 19.1 Å². The first-order chi connectivity index (χ1) is 14.7. The maximum absolute atomic E-state index is 12.6. The molecule has 2 aromatic carbocycles. The van der Waals surface area contributed by atoms with Gasteiger partial charge in [-0.05, 0) is 16.7 Å². The Hall–Kier alpha value is -2.70. The fourth-order valence-corrected chi connectivity index (χ4v) is 4.02. The zero-order chi connectivity index (χ0) is 20.8. The highest BCUT2D eigenvalue weighted by Gasteiger charge is 2.34. The van der Waals surface area contributed by atoms with Gasteiger partial charge in [-0.1, -0.05) is 54.6 Å². The smallest absolute Gasteiger partial charge is 0.225 e. The summed E-state index contributed by atoms with van der Waals surface area (Å²) in [4.78, 5) is 29.1. The van der Waals surface area contributed by atoms with E-state index in [0.717, 1.165) is 44.0 Å². The number of nitrogens with zero attached hydrogens (tertiary/aromatic N) is 2. The molecule has 30 heavy (non-hydrogen) atoms. The van der Waals surface area contributed by atoms with Gasteiger partial charge < -0.3 is 15.0 Å². The molecule has 0 spiro atoms. The lowest BCUT2D eigenvalue weighted by atomic mass is 10.1. The number of hydrogen-bond donors (Lipinski definition) is 1. The Morgan fingerprint density at radius 1 is 0.933 bits per heavy atom. The largest absolute Gasteiger partial charge is 0.379 e. The summed E-state index contributed by atoms with van der Waals surface area (Å²) in [5.74, 6) is -0.274. The van der Waals surface area contributed by atoms with Crippen LogP contribution in [0.3, 0.4) is 0 Å². The van der Waals surface area contributed by atoms with Crippen LogP contribution >= 0.6 is 0 Å². The first kappa shape index (κ1) is 20.6.